The molecule has 9 heteroatoms. The highest BCUT2D eigenvalue weighted by molar-refractivity contribution is 5.92. The second kappa shape index (κ2) is 7.89. The standard InChI is InChI=1S/C19H24N8O/c1-3-27-19-17(23-24-27)18(20-13-21-19)26-9-7-25(8-10-26)12-16(28)22-15-6-4-5-14(2)11-15/h4-6,11,13H,3,7-10,12H2,1-2H3,(H,22,28). The maximum atomic E-state index is 12.3. The number of benzene rings is 1. The van der Waals surface area contributed by atoms with Crippen molar-refractivity contribution in [2.24, 2.45) is 0 Å². The van der Waals surface area contributed by atoms with Gasteiger partial charge in [-0.25, -0.2) is 14.6 Å². The summed E-state index contributed by atoms with van der Waals surface area (Å²) in [5.74, 6) is 0.822. The van der Waals surface area contributed by atoms with Crippen molar-refractivity contribution in [3.05, 3.63) is 36.2 Å². The van der Waals surface area contributed by atoms with Crippen molar-refractivity contribution in [2.45, 2.75) is 20.4 Å². The minimum absolute atomic E-state index is 0.00867. The third-order valence-corrected chi connectivity index (χ3v) is 4.92. The maximum absolute atomic E-state index is 12.3. The Morgan fingerprint density at radius 1 is 1.18 bits per heavy atom. The first-order valence-electron chi connectivity index (χ1n) is 9.52. The van der Waals surface area contributed by atoms with Gasteiger partial charge in [-0.1, -0.05) is 17.3 Å². The van der Waals surface area contributed by atoms with Crippen LogP contribution in [0.15, 0.2) is 30.6 Å². The van der Waals surface area contributed by atoms with Crippen molar-refractivity contribution in [1.29, 1.82) is 0 Å². The predicted octanol–water partition coefficient (Wildman–Crippen LogP) is 1.31. The Morgan fingerprint density at radius 2 is 2.00 bits per heavy atom. The van der Waals surface area contributed by atoms with E-state index in [9.17, 15) is 4.79 Å². The molecule has 0 radical (unpaired) electrons. The molecular weight excluding hydrogens is 356 g/mol. The number of rotatable bonds is 5. The van der Waals surface area contributed by atoms with Crippen LogP contribution in [0.25, 0.3) is 11.2 Å². The number of aryl methyl sites for hydroxylation is 2. The Morgan fingerprint density at radius 3 is 2.75 bits per heavy atom. The number of piperazine rings is 1. The van der Waals surface area contributed by atoms with Crippen molar-refractivity contribution >= 4 is 28.6 Å². The molecule has 1 aliphatic heterocycles. The number of nitrogens with zero attached hydrogens (tertiary/aromatic N) is 7. The van der Waals surface area contributed by atoms with E-state index in [-0.39, 0.29) is 5.91 Å². The number of carbonyl (C=O) groups is 1. The SMILES string of the molecule is CCn1nnc2c(N3CCN(CC(=O)Nc4cccc(C)c4)CC3)ncnc21. The lowest BCUT2D eigenvalue weighted by molar-refractivity contribution is -0.117. The second-order valence-corrected chi connectivity index (χ2v) is 6.96. The third-order valence-electron chi connectivity index (χ3n) is 4.92. The minimum atomic E-state index is 0.00867. The summed E-state index contributed by atoms with van der Waals surface area (Å²) in [6.07, 6.45) is 1.56. The lowest BCUT2D eigenvalue weighted by atomic mass is 10.2. The highest BCUT2D eigenvalue weighted by atomic mass is 16.2. The molecule has 0 spiro atoms. The number of carbonyl (C=O) groups excluding carboxylic acids is 1. The van der Waals surface area contributed by atoms with Crippen LogP contribution in [0.2, 0.25) is 0 Å². The van der Waals surface area contributed by atoms with Gasteiger partial charge in [0.2, 0.25) is 5.91 Å². The third kappa shape index (κ3) is 3.79. The van der Waals surface area contributed by atoms with Crippen molar-refractivity contribution in [1.82, 2.24) is 29.9 Å². The molecule has 0 unspecified atom stereocenters. The van der Waals surface area contributed by atoms with Gasteiger partial charge in [0.25, 0.3) is 0 Å². The van der Waals surface area contributed by atoms with Crippen molar-refractivity contribution in [3.8, 4) is 0 Å². The minimum Gasteiger partial charge on any atom is -0.352 e. The van der Waals surface area contributed by atoms with E-state index < -0.39 is 0 Å². The predicted molar refractivity (Wildman–Crippen MR) is 107 cm³/mol. The molecule has 9 nitrogen and oxygen atoms in total. The zero-order valence-corrected chi connectivity index (χ0v) is 16.2. The Balaban J connectivity index is 1.36. The van der Waals surface area contributed by atoms with Gasteiger partial charge in [0, 0.05) is 38.4 Å². The van der Waals surface area contributed by atoms with E-state index in [1.165, 1.54) is 0 Å². The Kier molecular flexibility index (Phi) is 5.16. The summed E-state index contributed by atoms with van der Waals surface area (Å²) in [6.45, 7) is 8.26. The van der Waals surface area contributed by atoms with Gasteiger partial charge < -0.3 is 10.2 Å². The zero-order valence-electron chi connectivity index (χ0n) is 16.2. The number of hydrogen-bond donors (Lipinski definition) is 1. The molecule has 1 N–H and O–H groups in total. The Hall–Kier alpha value is -3.07. The molecule has 0 bridgehead atoms. The molecular formula is C19H24N8O. The van der Waals surface area contributed by atoms with E-state index in [4.69, 9.17) is 0 Å². The van der Waals surface area contributed by atoms with Crippen molar-refractivity contribution in [3.63, 3.8) is 0 Å². The van der Waals surface area contributed by atoms with Gasteiger partial charge >= 0.3 is 0 Å². The molecule has 2 aromatic heterocycles. The molecule has 0 saturated carbocycles. The highest BCUT2D eigenvalue weighted by Crippen LogP contribution is 2.21. The first kappa shape index (κ1) is 18.3. The average Bonchev–Trinajstić information content (AvgIpc) is 3.12. The van der Waals surface area contributed by atoms with Crippen LogP contribution in [0.3, 0.4) is 0 Å². The molecule has 1 saturated heterocycles. The lowest BCUT2D eigenvalue weighted by Crippen LogP contribution is -2.49. The average molecular weight is 380 g/mol. The van der Waals surface area contributed by atoms with Crippen LogP contribution in [-0.4, -0.2) is 68.5 Å². The summed E-state index contributed by atoms with van der Waals surface area (Å²) in [6, 6.07) is 7.84. The largest absolute Gasteiger partial charge is 0.352 e. The van der Waals surface area contributed by atoms with Gasteiger partial charge in [-0.3, -0.25) is 9.69 Å². The van der Waals surface area contributed by atoms with Gasteiger partial charge in [-0.2, -0.15) is 0 Å². The quantitative estimate of drug-likeness (QED) is 0.713. The Labute approximate surface area is 163 Å². The molecule has 0 atom stereocenters. The van der Waals surface area contributed by atoms with Crippen LogP contribution >= 0.6 is 0 Å². The Bertz CT molecular complexity index is 977. The van der Waals surface area contributed by atoms with Crippen LogP contribution < -0.4 is 10.2 Å². The van der Waals surface area contributed by atoms with E-state index in [0.717, 1.165) is 61.0 Å². The normalized spacial score (nSPS) is 15.1. The molecule has 1 fully saturated rings. The number of hydrogen-bond acceptors (Lipinski definition) is 7. The molecule has 1 aliphatic rings. The van der Waals surface area contributed by atoms with Crippen LogP contribution in [0.4, 0.5) is 11.5 Å². The fraction of sp³-hybridized carbons (Fsp3) is 0.421. The molecule has 3 aromatic rings. The number of anilines is 2. The van der Waals surface area contributed by atoms with Gasteiger partial charge in [-0.05, 0) is 31.5 Å². The topological polar surface area (TPSA) is 92.1 Å². The molecule has 1 amide bonds. The van der Waals surface area contributed by atoms with Gasteiger partial charge in [0.15, 0.2) is 17.0 Å². The summed E-state index contributed by atoms with van der Waals surface area (Å²) < 4.78 is 1.77. The second-order valence-electron chi connectivity index (χ2n) is 6.96. The van der Waals surface area contributed by atoms with Crippen LogP contribution in [0, 0.1) is 6.92 Å². The number of nitrogens with one attached hydrogen (secondary N) is 1. The highest BCUT2D eigenvalue weighted by Gasteiger charge is 2.23. The first-order chi connectivity index (χ1) is 13.6. The summed E-state index contributed by atoms with van der Waals surface area (Å²) >= 11 is 0. The lowest BCUT2D eigenvalue weighted by Gasteiger charge is -2.34. The van der Waals surface area contributed by atoms with Gasteiger partial charge in [0.05, 0.1) is 6.54 Å². The van der Waals surface area contributed by atoms with E-state index in [1.54, 1.807) is 11.0 Å². The van der Waals surface area contributed by atoms with Crippen molar-refractivity contribution in [2.75, 3.05) is 42.9 Å². The fourth-order valence-electron chi connectivity index (χ4n) is 3.47. The molecule has 0 aliphatic carbocycles. The summed E-state index contributed by atoms with van der Waals surface area (Å²) in [4.78, 5) is 25.4. The first-order valence-corrected chi connectivity index (χ1v) is 9.52. The van der Waals surface area contributed by atoms with E-state index in [1.807, 2.05) is 38.1 Å². The van der Waals surface area contributed by atoms with Crippen LogP contribution in [-0.2, 0) is 11.3 Å². The monoisotopic (exact) mass is 380 g/mol. The molecule has 4 rings (SSSR count). The fourth-order valence-corrected chi connectivity index (χ4v) is 3.47. The van der Waals surface area contributed by atoms with Crippen molar-refractivity contribution < 1.29 is 4.79 Å². The van der Waals surface area contributed by atoms with Gasteiger partial charge in [0.1, 0.15) is 6.33 Å². The summed E-state index contributed by atoms with van der Waals surface area (Å²) in [7, 11) is 0. The molecule has 3 heterocycles. The van der Waals surface area contributed by atoms with E-state index >= 15 is 0 Å². The molecule has 1 aromatic carbocycles. The summed E-state index contributed by atoms with van der Waals surface area (Å²) in [5.41, 5.74) is 3.45. The van der Waals surface area contributed by atoms with Crippen LogP contribution in [0.5, 0.6) is 0 Å². The zero-order chi connectivity index (χ0) is 19.5. The smallest absolute Gasteiger partial charge is 0.238 e. The molecule has 146 valence electrons. The number of aromatic nitrogens is 5. The van der Waals surface area contributed by atoms with E-state index in [0.29, 0.717) is 6.54 Å². The number of fused-ring (bicyclic) bond motifs is 1. The van der Waals surface area contributed by atoms with E-state index in [2.05, 4.69) is 35.4 Å². The molecule has 28 heavy (non-hydrogen) atoms. The van der Waals surface area contributed by atoms with Crippen LogP contribution in [0.1, 0.15) is 12.5 Å². The summed E-state index contributed by atoms with van der Waals surface area (Å²) in [5, 5.41) is 11.4. The number of amides is 1. The maximum Gasteiger partial charge on any atom is 0.238 e. The van der Waals surface area contributed by atoms with Gasteiger partial charge in [-0.15, -0.1) is 5.10 Å².